The van der Waals surface area contributed by atoms with Gasteiger partial charge in [-0.15, -0.1) is 0 Å². The molecular formula is C16H17FN2. The molecule has 19 heavy (non-hydrogen) atoms. The first kappa shape index (κ1) is 12.3. The molecule has 0 radical (unpaired) electrons. The Morgan fingerprint density at radius 3 is 3.05 bits per heavy atom. The predicted molar refractivity (Wildman–Crippen MR) is 73.3 cm³/mol. The van der Waals surface area contributed by atoms with E-state index in [2.05, 4.69) is 11.1 Å². The van der Waals surface area contributed by atoms with Crippen LogP contribution in [0.15, 0.2) is 36.5 Å². The number of hydrogen-bond donors (Lipinski definition) is 1. The average Bonchev–Trinajstić information content (AvgIpc) is 2.46. The van der Waals surface area contributed by atoms with Crippen molar-refractivity contribution in [2.24, 2.45) is 5.73 Å². The molecule has 1 atom stereocenters. The topological polar surface area (TPSA) is 38.9 Å². The Bertz CT molecular complexity index is 595. The van der Waals surface area contributed by atoms with Crippen LogP contribution in [0.5, 0.6) is 0 Å². The maximum Gasteiger partial charge on any atom is 0.123 e. The van der Waals surface area contributed by atoms with E-state index < -0.39 is 0 Å². The summed E-state index contributed by atoms with van der Waals surface area (Å²) in [7, 11) is 0. The summed E-state index contributed by atoms with van der Waals surface area (Å²) in [5, 5.41) is 0. The first-order valence-electron chi connectivity index (χ1n) is 6.72. The molecule has 1 heterocycles. The molecule has 2 aromatic rings. The summed E-state index contributed by atoms with van der Waals surface area (Å²) in [5.74, 6) is 0.0327. The van der Waals surface area contributed by atoms with Gasteiger partial charge in [0.25, 0.3) is 0 Å². The third-order valence-electron chi connectivity index (χ3n) is 3.90. The van der Waals surface area contributed by atoms with Crippen molar-refractivity contribution < 1.29 is 4.39 Å². The van der Waals surface area contributed by atoms with Crippen LogP contribution in [0, 0.1) is 5.82 Å². The molecule has 1 aromatic carbocycles. The summed E-state index contributed by atoms with van der Waals surface area (Å²) in [4.78, 5) is 4.54. The SMILES string of the molecule is NCc1cc(F)ccc1C1CCCc2cccnc21. The molecule has 2 N–H and O–H groups in total. The number of aromatic nitrogens is 1. The van der Waals surface area contributed by atoms with E-state index in [1.54, 1.807) is 6.07 Å². The van der Waals surface area contributed by atoms with Crippen molar-refractivity contribution in [2.75, 3.05) is 0 Å². The van der Waals surface area contributed by atoms with E-state index in [-0.39, 0.29) is 11.7 Å². The highest BCUT2D eigenvalue weighted by molar-refractivity contribution is 5.40. The number of nitrogens with zero attached hydrogens (tertiary/aromatic N) is 1. The minimum absolute atomic E-state index is 0.221. The second-order valence-corrected chi connectivity index (χ2v) is 5.04. The standard InChI is InChI=1S/C16H17FN2/c17-13-6-7-14(12(9-13)10-18)15-5-1-3-11-4-2-8-19-16(11)15/h2,4,6-9,15H,1,3,5,10,18H2. The third-order valence-corrected chi connectivity index (χ3v) is 3.90. The number of fused-ring (bicyclic) bond motifs is 1. The molecule has 3 heteroatoms. The molecule has 1 aliphatic carbocycles. The van der Waals surface area contributed by atoms with Gasteiger partial charge in [-0.05, 0) is 54.2 Å². The van der Waals surface area contributed by atoms with E-state index in [9.17, 15) is 4.39 Å². The summed E-state index contributed by atoms with van der Waals surface area (Å²) in [6.45, 7) is 0.367. The van der Waals surface area contributed by atoms with Crippen molar-refractivity contribution in [1.82, 2.24) is 4.98 Å². The lowest BCUT2D eigenvalue weighted by molar-refractivity contribution is 0.588. The fraction of sp³-hybridized carbons (Fsp3) is 0.312. The Morgan fingerprint density at radius 1 is 1.32 bits per heavy atom. The lowest BCUT2D eigenvalue weighted by Crippen LogP contribution is -2.15. The maximum absolute atomic E-state index is 13.3. The molecule has 0 saturated heterocycles. The van der Waals surface area contributed by atoms with Crippen LogP contribution in [-0.2, 0) is 13.0 Å². The van der Waals surface area contributed by atoms with Gasteiger partial charge in [0.1, 0.15) is 5.82 Å². The Hall–Kier alpha value is -1.74. The highest BCUT2D eigenvalue weighted by Gasteiger charge is 2.24. The molecule has 1 aliphatic rings. The summed E-state index contributed by atoms with van der Waals surface area (Å²) in [5.41, 5.74) is 10.2. The van der Waals surface area contributed by atoms with Gasteiger partial charge >= 0.3 is 0 Å². The van der Waals surface area contributed by atoms with Crippen molar-refractivity contribution >= 4 is 0 Å². The number of nitrogens with two attached hydrogens (primary N) is 1. The molecule has 0 aliphatic heterocycles. The lowest BCUT2D eigenvalue weighted by Gasteiger charge is -2.26. The Labute approximate surface area is 112 Å². The van der Waals surface area contributed by atoms with Gasteiger partial charge in [0, 0.05) is 18.7 Å². The molecule has 98 valence electrons. The van der Waals surface area contributed by atoms with Gasteiger partial charge in [0.15, 0.2) is 0 Å². The van der Waals surface area contributed by atoms with Crippen LogP contribution < -0.4 is 5.73 Å². The van der Waals surface area contributed by atoms with Gasteiger partial charge in [-0.2, -0.15) is 0 Å². The third kappa shape index (κ3) is 2.26. The van der Waals surface area contributed by atoms with E-state index in [1.807, 2.05) is 18.3 Å². The zero-order chi connectivity index (χ0) is 13.2. The molecule has 2 nitrogen and oxygen atoms in total. The van der Waals surface area contributed by atoms with E-state index in [4.69, 9.17) is 5.73 Å². The highest BCUT2D eigenvalue weighted by atomic mass is 19.1. The van der Waals surface area contributed by atoms with Crippen LogP contribution >= 0.6 is 0 Å². The Balaban J connectivity index is 2.09. The van der Waals surface area contributed by atoms with Crippen molar-refractivity contribution in [3.63, 3.8) is 0 Å². The first-order chi connectivity index (χ1) is 9.29. The van der Waals surface area contributed by atoms with E-state index in [0.29, 0.717) is 6.54 Å². The number of benzene rings is 1. The second-order valence-electron chi connectivity index (χ2n) is 5.04. The van der Waals surface area contributed by atoms with Crippen LogP contribution in [0.25, 0.3) is 0 Å². The number of rotatable bonds is 2. The normalized spacial score (nSPS) is 18.1. The van der Waals surface area contributed by atoms with Gasteiger partial charge < -0.3 is 5.73 Å². The predicted octanol–water partition coefficient (Wildman–Crippen LogP) is 3.15. The summed E-state index contributed by atoms with van der Waals surface area (Å²) < 4.78 is 13.3. The largest absolute Gasteiger partial charge is 0.326 e. The number of pyridine rings is 1. The molecule has 0 saturated carbocycles. The van der Waals surface area contributed by atoms with Gasteiger partial charge in [-0.1, -0.05) is 12.1 Å². The average molecular weight is 256 g/mol. The van der Waals surface area contributed by atoms with Crippen molar-refractivity contribution in [1.29, 1.82) is 0 Å². The summed E-state index contributed by atoms with van der Waals surface area (Å²) in [6.07, 6.45) is 5.12. The zero-order valence-electron chi connectivity index (χ0n) is 10.8. The number of aryl methyl sites for hydroxylation is 1. The van der Waals surface area contributed by atoms with Gasteiger partial charge in [0.2, 0.25) is 0 Å². The second kappa shape index (κ2) is 5.10. The summed E-state index contributed by atoms with van der Waals surface area (Å²) >= 11 is 0. The minimum Gasteiger partial charge on any atom is -0.326 e. The van der Waals surface area contributed by atoms with E-state index in [1.165, 1.54) is 11.6 Å². The maximum atomic E-state index is 13.3. The van der Waals surface area contributed by atoms with Crippen molar-refractivity contribution in [3.05, 3.63) is 64.7 Å². The Kier molecular flexibility index (Phi) is 3.30. The molecule has 1 unspecified atom stereocenters. The van der Waals surface area contributed by atoms with E-state index in [0.717, 1.165) is 36.1 Å². The van der Waals surface area contributed by atoms with Gasteiger partial charge in [0.05, 0.1) is 5.69 Å². The van der Waals surface area contributed by atoms with Crippen molar-refractivity contribution in [2.45, 2.75) is 31.7 Å². The van der Waals surface area contributed by atoms with Crippen LogP contribution in [0.2, 0.25) is 0 Å². The van der Waals surface area contributed by atoms with Crippen molar-refractivity contribution in [3.8, 4) is 0 Å². The molecule has 1 aromatic heterocycles. The first-order valence-corrected chi connectivity index (χ1v) is 6.72. The molecule has 0 bridgehead atoms. The fourth-order valence-electron chi connectivity index (χ4n) is 3.00. The quantitative estimate of drug-likeness (QED) is 0.896. The molecular weight excluding hydrogens is 239 g/mol. The number of halogens is 1. The lowest BCUT2D eigenvalue weighted by atomic mass is 9.80. The number of hydrogen-bond acceptors (Lipinski definition) is 2. The fourth-order valence-corrected chi connectivity index (χ4v) is 3.00. The van der Waals surface area contributed by atoms with Crippen LogP contribution in [-0.4, -0.2) is 4.98 Å². The highest BCUT2D eigenvalue weighted by Crippen LogP contribution is 2.36. The van der Waals surface area contributed by atoms with Gasteiger partial charge in [-0.3, -0.25) is 4.98 Å². The summed E-state index contributed by atoms with van der Waals surface area (Å²) in [6, 6.07) is 9.06. The van der Waals surface area contributed by atoms with Gasteiger partial charge in [-0.25, -0.2) is 4.39 Å². The zero-order valence-corrected chi connectivity index (χ0v) is 10.8. The van der Waals surface area contributed by atoms with Crippen LogP contribution in [0.3, 0.4) is 0 Å². The molecule has 3 rings (SSSR count). The molecule has 0 amide bonds. The minimum atomic E-state index is -0.221. The van der Waals surface area contributed by atoms with Crippen LogP contribution in [0.4, 0.5) is 4.39 Å². The monoisotopic (exact) mass is 256 g/mol. The smallest absolute Gasteiger partial charge is 0.123 e. The Morgan fingerprint density at radius 2 is 2.21 bits per heavy atom. The van der Waals surface area contributed by atoms with E-state index >= 15 is 0 Å². The molecule has 0 fully saturated rings. The van der Waals surface area contributed by atoms with Crippen LogP contribution in [0.1, 0.15) is 41.1 Å². The molecule has 0 spiro atoms.